The summed E-state index contributed by atoms with van der Waals surface area (Å²) in [6.45, 7) is 11.2. The van der Waals surface area contributed by atoms with Crippen LogP contribution in [0.5, 0.6) is 0 Å². The van der Waals surface area contributed by atoms with Crippen LogP contribution < -0.4 is 5.32 Å². The van der Waals surface area contributed by atoms with E-state index in [9.17, 15) is 14.4 Å². The number of anilines is 1. The van der Waals surface area contributed by atoms with Gasteiger partial charge in [0.05, 0.1) is 5.56 Å². The summed E-state index contributed by atoms with van der Waals surface area (Å²) in [5.41, 5.74) is 3.22. The van der Waals surface area contributed by atoms with Crippen molar-refractivity contribution in [3.63, 3.8) is 0 Å². The lowest BCUT2D eigenvalue weighted by Gasteiger charge is -2.19. The summed E-state index contributed by atoms with van der Waals surface area (Å²) in [6, 6.07) is 8.49. The fourth-order valence-corrected chi connectivity index (χ4v) is 3.32. The number of nitrogens with one attached hydrogen (secondary N) is 1. The second kappa shape index (κ2) is 9.91. The fraction of sp³-hybridized carbons (Fsp3) is 0.409. The molecule has 1 aromatic heterocycles. The SMILES string of the molecule is CCN(CC)C(=O)c1cccc(NC(=O)COC(=O)c2cc(C)n(CC)c2C)c1. The molecule has 2 amide bonds. The minimum Gasteiger partial charge on any atom is -0.452 e. The molecule has 0 aliphatic rings. The van der Waals surface area contributed by atoms with Crippen LogP contribution in [-0.4, -0.2) is 46.9 Å². The van der Waals surface area contributed by atoms with Crippen LogP contribution in [0.15, 0.2) is 30.3 Å². The van der Waals surface area contributed by atoms with E-state index in [0.29, 0.717) is 29.9 Å². The van der Waals surface area contributed by atoms with Gasteiger partial charge in [0.15, 0.2) is 6.61 Å². The van der Waals surface area contributed by atoms with E-state index in [1.807, 2.05) is 39.2 Å². The molecule has 0 aliphatic carbocycles. The van der Waals surface area contributed by atoms with Crippen LogP contribution in [0.3, 0.4) is 0 Å². The highest BCUT2D eigenvalue weighted by molar-refractivity contribution is 5.98. The summed E-state index contributed by atoms with van der Waals surface area (Å²) in [5.74, 6) is -1.09. The van der Waals surface area contributed by atoms with Crippen LogP contribution >= 0.6 is 0 Å². The van der Waals surface area contributed by atoms with Gasteiger partial charge in [-0.1, -0.05) is 6.07 Å². The summed E-state index contributed by atoms with van der Waals surface area (Å²) >= 11 is 0. The van der Waals surface area contributed by atoms with Crippen LogP contribution in [0, 0.1) is 13.8 Å². The number of carbonyl (C=O) groups excluding carboxylic acids is 3. The number of esters is 1. The number of carbonyl (C=O) groups is 3. The lowest BCUT2D eigenvalue weighted by atomic mass is 10.1. The highest BCUT2D eigenvalue weighted by Gasteiger charge is 2.18. The number of benzene rings is 1. The monoisotopic (exact) mass is 399 g/mol. The number of ether oxygens (including phenoxy) is 1. The van der Waals surface area contributed by atoms with Crippen LogP contribution in [0.4, 0.5) is 5.69 Å². The molecule has 29 heavy (non-hydrogen) atoms. The van der Waals surface area contributed by atoms with Crippen molar-refractivity contribution in [2.24, 2.45) is 0 Å². The Bertz CT molecular complexity index is 897. The Hall–Kier alpha value is -3.09. The van der Waals surface area contributed by atoms with Gasteiger partial charge in [0.1, 0.15) is 0 Å². The Kier molecular flexibility index (Phi) is 7.59. The number of hydrogen-bond acceptors (Lipinski definition) is 4. The molecule has 0 fully saturated rings. The third kappa shape index (κ3) is 5.25. The lowest BCUT2D eigenvalue weighted by Crippen LogP contribution is -2.30. The smallest absolute Gasteiger partial charge is 0.340 e. The zero-order chi connectivity index (χ0) is 21.6. The molecule has 0 atom stereocenters. The van der Waals surface area contributed by atoms with Crippen molar-refractivity contribution >= 4 is 23.5 Å². The van der Waals surface area contributed by atoms with Gasteiger partial charge in [0.25, 0.3) is 11.8 Å². The van der Waals surface area contributed by atoms with Crippen molar-refractivity contribution in [1.82, 2.24) is 9.47 Å². The first kappa shape index (κ1) is 22.2. The second-order valence-electron chi connectivity index (χ2n) is 6.71. The molecule has 0 spiro atoms. The average Bonchev–Trinajstić information content (AvgIpc) is 3.00. The Labute approximate surface area is 171 Å². The Balaban J connectivity index is 1.98. The summed E-state index contributed by atoms with van der Waals surface area (Å²) in [6.07, 6.45) is 0. The first-order valence-electron chi connectivity index (χ1n) is 9.85. The number of aromatic nitrogens is 1. The largest absolute Gasteiger partial charge is 0.452 e. The topological polar surface area (TPSA) is 80.6 Å². The molecule has 2 aromatic rings. The number of rotatable bonds is 8. The van der Waals surface area contributed by atoms with Crippen molar-refractivity contribution in [3.8, 4) is 0 Å². The number of nitrogens with zero attached hydrogens (tertiary/aromatic N) is 2. The molecular weight excluding hydrogens is 370 g/mol. The van der Waals surface area contributed by atoms with Crippen LogP contribution in [0.2, 0.25) is 0 Å². The minimum atomic E-state index is -0.529. The molecule has 0 unspecified atom stereocenters. The first-order chi connectivity index (χ1) is 13.8. The van der Waals surface area contributed by atoms with E-state index in [1.165, 1.54) is 0 Å². The standard InChI is InChI=1S/C22H29N3O4/c1-6-24(7-2)21(27)17-10-9-11-18(13-17)23-20(26)14-29-22(28)19-12-15(4)25(8-3)16(19)5/h9-13H,6-8,14H2,1-5H3,(H,23,26). The molecule has 0 bridgehead atoms. The molecule has 0 saturated carbocycles. The molecule has 0 aliphatic heterocycles. The van der Waals surface area contributed by atoms with Gasteiger partial charge in [-0.3, -0.25) is 9.59 Å². The Morgan fingerprint density at radius 2 is 1.76 bits per heavy atom. The summed E-state index contributed by atoms with van der Waals surface area (Å²) in [7, 11) is 0. The summed E-state index contributed by atoms with van der Waals surface area (Å²) in [4.78, 5) is 38.7. The van der Waals surface area contributed by atoms with E-state index in [-0.39, 0.29) is 5.91 Å². The molecule has 156 valence electrons. The summed E-state index contributed by atoms with van der Waals surface area (Å²) < 4.78 is 7.18. The normalized spacial score (nSPS) is 10.5. The van der Waals surface area contributed by atoms with E-state index >= 15 is 0 Å². The molecule has 7 heteroatoms. The van der Waals surface area contributed by atoms with Gasteiger partial charge in [-0.15, -0.1) is 0 Å². The van der Waals surface area contributed by atoms with Crippen LogP contribution in [0.1, 0.15) is 52.9 Å². The second-order valence-corrected chi connectivity index (χ2v) is 6.71. The summed E-state index contributed by atoms with van der Waals surface area (Å²) in [5, 5.41) is 2.67. The van der Waals surface area contributed by atoms with E-state index < -0.39 is 18.5 Å². The predicted molar refractivity (Wildman–Crippen MR) is 112 cm³/mol. The highest BCUT2D eigenvalue weighted by atomic mass is 16.5. The van der Waals surface area contributed by atoms with Crippen LogP contribution in [0.25, 0.3) is 0 Å². The predicted octanol–water partition coefficient (Wildman–Crippen LogP) is 3.40. The van der Waals surface area contributed by atoms with E-state index in [0.717, 1.165) is 17.9 Å². The van der Waals surface area contributed by atoms with Crippen molar-refractivity contribution in [3.05, 3.63) is 52.8 Å². The molecule has 1 N–H and O–H groups in total. The van der Waals surface area contributed by atoms with Gasteiger partial charge >= 0.3 is 5.97 Å². The van der Waals surface area contributed by atoms with E-state index in [1.54, 1.807) is 35.2 Å². The molecule has 2 rings (SSSR count). The first-order valence-corrected chi connectivity index (χ1v) is 9.85. The number of aryl methyl sites for hydroxylation is 1. The average molecular weight is 399 g/mol. The molecule has 1 heterocycles. The lowest BCUT2D eigenvalue weighted by molar-refractivity contribution is -0.119. The van der Waals surface area contributed by atoms with Gasteiger partial charge in [0, 0.05) is 42.3 Å². The Morgan fingerprint density at radius 1 is 1.07 bits per heavy atom. The maximum atomic E-state index is 12.4. The zero-order valence-electron chi connectivity index (χ0n) is 17.7. The van der Waals surface area contributed by atoms with Crippen LogP contribution in [-0.2, 0) is 16.1 Å². The van der Waals surface area contributed by atoms with Gasteiger partial charge in [-0.2, -0.15) is 0 Å². The molecule has 0 radical (unpaired) electrons. The van der Waals surface area contributed by atoms with Gasteiger partial charge in [0.2, 0.25) is 0 Å². The van der Waals surface area contributed by atoms with Gasteiger partial charge in [-0.05, 0) is 58.9 Å². The fourth-order valence-electron chi connectivity index (χ4n) is 3.32. The van der Waals surface area contributed by atoms with Crippen molar-refractivity contribution in [1.29, 1.82) is 0 Å². The minimum absolute atomic E-state index is 0.0937. The van der Waals surface area contributed by atoms with Gasteiger partial charge in [-0.25, -0.2) is 4.79 Å². The van der Waals surface area contributed by atoms with E-state index in [2.05, 4.69) is 5.32 Å². The molecular formula is C22H29N3O4. The quantitative estimate of drug-likeness (QED) is 0.690. The maximum absolute atomic E-state index is 12.4. The van der Waals surface area contributed by atoms with Crippen molar-refractivity contribution in [2.75, 3.05) is 25.0 Å². The third-order valence-corrected chi connectivity index (χ3v) is 4.89. The molecule has 7 nitrogen and oxygen atoms in total. The van der Waals surface area contributed by atoms with Crippen molar-refractivity contribution in [2.45, 2.75) is 41.2 Å². The zero-order valence-corrected chi connectivity index (χ0v) is 17.7. The number of amides is 2. The molecule has 1 aromatic carbocycles. The van der Waals surface area contributed by atoms with Gasteiger partial charge < -0.3 is 19.5 Å². The molecule has 0 saturated heterocycles. The number of hydrogen-bond donors (Lipinski definition) is 1. The maximum Gasteiger partial charge on any atom is 0.340 e. The Morgan fingerprint density at radius 3 is 2.34 bits per heavy atom. The third-order valence-electron chi connectivity index (χ3n) is 4.89. The van der Waals surface area contributed by atoms with Crippen molar-refractivity contribution < 1.29 is 19.1 Å². The van der Waals surface area contributed by atoms with E-state index in [4.69, 9.17) is 4.74 Å². The highest BCUT2D eigenvalue weighted by Crippen LogP contribution is 2.16.